The van der Waals surface area contributed by atoms with Crippen LogP contribution in [0.1, 0.15) is 42.5 Å². The SMILES string of the molecule is O=C(NC[C@H]1[C@H]2CN(CC3CCC3)C[C@]23CC[C@H]1O3)c1cc(F)cc(F)c1. The maximum Gasteiger partial charge on any atom is 0.251 e. The maximum atomic E-state index is 13.4. The summed E-state index contributed by atoms with van der Waals surface area (Å²) in [6.07, 6.45) is 6.42. The van der Waals surface area contributed by atoms with Crippen LogP contribution in [-0.4, -0.2) is 48.7 Å². The van der Waals surface area contributed by atoms with Crippen molar-refractivity contribution in [3.05, 3.63) is 35.4 Å². The molecule has 5 rings (SSSR count). The van der Waals surface area contributed by atoms with Gasteiger partial charge in [0.1, 0.15) is 11.6 Å². The quantitative estimate of drug-likeness (QED) is 0.859. The molecule has 3 aliphatic heterocycles. The Morgan fingerprint density at radius 1 is 1.22 bits per heavy atom. The highest BCUT2D eigenvalue weighted by molar-refractivity contribution is 5.94. The average molecular weight is 376 g/mol. The van der Waals surface area contributed by atoms with Crippen LogP contribution in [0.5, 0.6) is 0 Å². The van der Waals surface area contributed by atoms with Gasteiger partial charge in [0.2, 0.25) is 0 Å². The van der Waals surface area contributed by atoms with Crippen LogP contribution in [0, 0.1) is 29.4 Å². The van der Waals surface area contributed by atoms with Crippen molar-refractivity contribution in [2.45, 2.75) is 43.8 Å². The number of rotatable bonds is 5. The fraction of sp³-hybridized carbons (Fsp3) is 0.667. The highest BCUT2D eigenvalue weighted by atomic mass is 19.1. The molecule has 146 valence electrons. The summed E-state index contributed by atoms with van der Waals surface area (Å²) in [5.74, 6) is -0.309. The van der Waals surface area contributed by atoms with E-state index in [0.717, 1.165) is 50.0 Å². The number of fused-ring (bicyclic) bond motifs is 1. The molecule has 1 N–H and O–H groups in total. The minimum absolute atomic E-state index is 0.0318. The Bertz CT molecular complexity index is 733. The molecule has 0 radical (unpaired) electrons. The van der Waals surface area contributed by atoms with Crippen molar-refractivity contribution in [2.75, 3.05) is 26.2 Å². The molecule has 3 saturated heterocycles. The Labute approximate surface area is 158 Å². The smallest absolute Gasteiger partial charge is 0.251 e. The van der Waals surface area contributed by atoms with Gasteiger partial charge in [0.15, 0.2) is 0 Å². The lowest BCUT2D eigenvalue weighted by Crippen LogP contribution is -2.41. The summed E-state index contributed by atoms with van der Waals surface area (Å²) in [5, 5.41) is 2.90. The molecule has 6 heteroatoms. The largest absolute Gasteiger partial charge is 0.370 e. The van der Waals surface area contributed by atoms with E-state index >= 15 is 0 Å². The average Bonchev–Trinajstić information content (AvgIpc) is 3.23. The van der Waals surface area contributed by atoms with Crippen LogP contribution < -0.4 is 5.32 Å². The summed E-state index contributed by atoms with van der Waals surface area (Å²) < 4.78 is 33.1. The lowest BCUT2D eigenvalue weighted by molar-refractivity contribution is 0.000541. The third-order valence-electron chi connectivity index (χ3n) is 7.22. The van der Waals surface area contributed by atoms with Gasteiger partial charge in [-0.05, 0) is 43.7 Å². The normalized spacial score (nSPS) is 35.3. The standard InChI is InChI=1S/C21H26F2N2O2/c22-15-6-14(7-16(23)8-15)20(26)24-9-17-18-11-25(10-13-2-1-3-13)12-21(18)5-4-19(17)27-21/h6-8,13,17-19H,1-5,9-12H2,(H,24,26)/t17-,18+,19+,21+/m0/s1. The highest BCUT2D eigenvalue weighted by Crippen LogP contribution is 2.54. The lowest BCUT2D eigenvalue weighted by Gasteiger charge is -2.31. The molecular formula is C21H26F2N2O2. The van der Waals surface area contributed by atoms with Crippen LogP contribution in [0.2, 0.25) is 0 Å². The van der Waals surface area contributed by atoms with Gasteiger partial charge in [-0.25, -0.2) is 8.78 Å². The molecule has 1 spiro atoms. The van der Waals surface area contributed by atoms with Crippen molar-refractivity contribution < 1.29 is 18.3 Å². The predicted molar refractivity (Wildman–Crippen MR) is 96.3 cm³/mol. The van der Waals surface area contributed by atoms with E-state index in [4.69, 9.17) is 4.74 Å². The van der Waals surface area contributed by atoms with Gasteiger partial charge in [-0.15, -0.1) is 0 Å². The second-order valence-electron chi connectivity index (χ2n) is 8.89. The topological polar surface area (TPSA) is 41.6 Å². The molecule has 4 fully saturated rings. The summed E-state index contributed by atoms with van der Waals surface area (Å²) >= 11 is 0. The van der Waals surface area contributed by atoms with Gasteiger partial charge in [-0.1, -0.05) is 6.42 Å². The van der Waals surface area contributed by atoms with Gasteiger partial charge < -0.3 is 10.1 Å². The Morgan fingerprint density at radius 3 is 2.70 bits per heavy atom. The Hall–Kier alpha value is -1.53. The fourth-order valence-electron chi connectivity index (χ4n) is 5.74. The number of likely N-dealkylation sites (tertiary alicyclic amines) is 1. The fourth-order valence-corrected chi connectivity index (χ4v) is 5.74. The molecule has 27 heavy (non-hydrogen) atoms. The summed E-state index contributed by atoms with van der Waals surface area (Å²) in [5.41, 5.74) is -0.00119. The van der Waals surface area contributed by atoms with Crippen molar-refractivity contribution in [1.29, 1.82) is 0 Å². The third kappa shape index (κ3) is 3.07. The number of carbonyl (C=O) groups is 1. The van der Waals surface area contributed by atoms with Crippen LogP contribution in [0.4, 0.5) is 8.78 Å². The number of amides is 1. The summed E-state index contributed by atoms with van der Waals surface area (Å²) in [4.78, 5) is 14.9. The van der Waals surface area contributed by atoms with Crippen LogP contribution in [0.25, 0.3) is 0 Å². The van der Waals surface area contributed by atoms with Crippen molar-refractivity contribution in [3.8, 4) is 0 Å². The highest BCUT2D eigenvalue weighted by Gasteiger charge is 2.62. The minimum atomic E-state index is -0.732. The van der Waals surface area contributed by atoms with Gasteiger partial charge in [0.05, 0.1) is 11.7 Å². The zero-order valence-corrected chi connectivity index (χ0v) is 15.4. The molecule has 1 aliphatic carbocycles. The molecule has 0 unspecified atom stereocenters. The number of hydrogen-bond acceptors (Lipinski definition) is 3. The first-order valence-corrected chi connectivity index (χ1v) is 10.2. The van der Waals surface area contributed by atoms with E-state index in [1.54, 1.807) is 0 Å². The molecule has 4 nitrogen and oxygen atoms in total. The van der Waals surface area contributed by atoms with E-state index in [-0.39, 0.29) is 23.2 Å². The second-order valence-corrected chi connectivity index (χ2v) is 8.89. The zero-order valence-electron chi connectivity index (χ0n) is 15.4. The minimum Gasteiger partial charge on any atom is -0.370 e. The summed E-state index contributed by atoms with van der Waals surface area (Å²) in [7, 11) is 0. The first kappa shape index (κ1) is 17.6. The van der Waals surface area contributed by atoms with E-state index in [0.29, 0.717) is 12.5 Å². The molecule has 1 amide bonds. The van der Waals surface area contributed by atoms with Crippen molar-refractivity contribution in [1.82, 2.24) is 10.2 Å². The molecule has 0 aromatic heterocycles. The van der Waals surface area contributed by atoms with Crippen LogP contribution in [0.15, 0.2) is 18.2 Å². The van der Waals surface area contributed by atoms with Crippen LogP contribution >= 0.6 is 0 Å². The molecule has 4 atom stereocenters. The summed E-state index contributed by atoms with van der Waals surface area (Å²) in [6, 6.07) is 2.93. The Kier molecular flexibility index (Phi) is 4.24. The van der Waals surface area contributed by atoms with Crippen molar-refractivity contribution >= 4 is 5.91 Å². The van der Waals surface area contributed by atoms with E-state index in [2.05, 4.69) is 10.2 Å². The van der Waals surface area contributed by atoms with Gasteiger partial charge in [-0.2, -0.15) is 0 Å². The zero-order chi connectivity index (χ0) is 18.6. The number of benzene rings is 1. The monoisotopic (exact) mass is 376 g/mol. The van der Waals surface area contributed by atoms with E-state index in [9.17, 15) is 13.6 Å². The number of ether oxygens (including phenoxy) is 1. The van der Waals surface area contributed by atoms with E-state index in [1.165, 1.54) is 25.8 Å². The van der Waals surface area contributed by atoms with E-state index < -0.39 is 17.5 Å². The predicted octanol–water partition coefficient (Wildman–Crippen LogP) is 2.97. The lowest BCUT2D eigenvalue weighted by atomic mass is 9.73. The number of nitrogens with one attached hydrogen (secondary N) is 1. The third-order valence-corrected chi connectivity index (χ3v) is 7.22. The molecule has 2 bridgehead atoms. The molecule has 1 aromatic rings. The number of halogens is 2. The van der Waals surface area contributed by atoms with Crippen molar-refractivity contribution in [3.63, 3.8) is 0 Å². The van der Waals surface area contributed by atoms with Gasteiger partial charge in [-0.3, -0.25) is 9.69 Å². The number of carbonyl (C=O) groups excluding carboxylic acids is 1. The number of nitrogens with zero attached hydrogens (tertiary/aromatic N) is 1. The van der Waals surface area contributed by atoms with Gasteiger partial charge >= 0.3 is 0 Å². The summed E-state index contributed by atoms with van der Waals surface area (Å²) in [6.45, 7) is 3.74. The molecule has 1 aromatic carbocycles. The van der Waals surface area contributed by atoms with Gasteiger partial charge in [0, 0.05) is 49.6 Å². The van der Waals surface area contributed by atoms with E-state index in [1.807, 2.05) is 0 Å². The molecule has 3 heterocycles. The Morgan fingerprint density at radius 2 is 2.00 bits per heavy atom. The molecule has 1 saturated carbocycles. The first-order valence-electron chi connectivity index (χ1n) is 10.2. The van der Waals surface area contributed by atoms with Crippen molar-refractivity contribution in [2.24, 2.45) is 17.8 Å². The second kappa shape index (κ2) is 6.52. The molecule has 4 aliphatic rings. The van der Waals surface area contributed by atoms with Gasteiger partial charge in [0.25, 0.3) is 5.91 Å². The molecular weight excluding hydrogens is 350 g/mol. The first-order chi connectivity index (χ1) is 13.0. The number of hydrogen-bond donors (Lipinski definition) is 1. The Balaban J connectivity index is 1.23. The van der Waals surface area contributed by atoms with Crippen LogP contribution in [-0.2, 0) is 4.74 Å². The van der Waals surface area contributed by atoms with Crippen LogP contribution in [0.3, 0.4) is 0 Å². The maximum absolute atomic E-state index is 13.4.